The molecule has 64 valence electrons. The first-order valence-corrected chi connectivity index (χ1v) is 3.51. The SMILES string of the molecule is C[C@H](N)C(=O)Nc1cncnc1. The van der Waals surface area contributed by atoms with E-state index in [4.69, 9.17) is 5.73 Å². The summed E-state index contributed by atoms with van der Waals surface area (Å²) >= 11 is 0. The second-order valence-electron chi connectivity index (χ2n) is 2.41. The molecule has 0 aliphatic carbocycles. The Bertz CT molecular complexity index is 259. The van der Waals surface area contributed by atoms with Crippen LogP contribution in [-0.4, -0.2) is 21.9 Å². The lowest BCUT2D eigenvalue weighted by molar-refractivity contribution is -0.117. The van der Waals surface area contributed by atoms with Gasteiger partial charge < -0.3 is 11.1 Å². The lowest BCUT2D eigenvalue weighted by Gasteiger charge is -2.05. The van der Waals surface area contributed by atoms with Crippen molar-refractivity contribution >= 4 is 11.6 Å². The van der Waals surface area contributed by atoms with Crippen molar-refractivity contribution in [2.75, 3.05) is 5.32 Å². The second-order valence-corrected chi connectivity index (χ2v) is 2.41. The van der Waals surface area contributed by atoms with Gasteiger partial charge in [-0.05, 0) is 6.92 Å². The van der Waals surface area contributed by atoms with Crippen LogP contribution in [0.25, 0.3) is 0 Å². The van der Waals surface area contributed by atoms with Crippen LogP contribution in [-0.2, 0) is 4.79 Å². The van der Waals surface area contributed by atoms with E-state index in [1.807, 2.05) is 0 Å². The number of anilines is 1. The molecule has 1 rings (SSSR count). The van der Waals surface area contributed by atoms with Gasteiger partial charge in [0.25, 0.3) is 0 Å². The fourth-order valence-corrected chi connectivity index (χ4v) is 0.620. The summed E-state index contributed by atoms with van der Waals surface area (Å²) in [7, 11) is 0. The van der Waals surface area contributed by atoms with Crippen LogP contribution in [0.4, 0.5) is 5.69 Å². The molecular formula is C7H10N4O. The molecule has 0 aromatic carbocycles. The zero-order chi connectivity index (χ0) is 8.97. The van der Waals surface area contributed by atoms with E-state index in [1.165, 1.54) is 18.7 Å². The van der Waals surface area contributed by atoms with E-state index in [2.05, 4.69) is 15.3 Å². The standard InChI is InChI=1S/C7H10N4O/c1-5(8)7(12)11-6-2-9-4-10-3-6/h2-5H,8H2,1H3,(H,11,12)/t5-/m0/s1. The van der Waals surface area contributed by atoms with Crippen LogP contribution in [0, 0.1) is 0 Å². The van der Waals surface area contributed by atoms with Crippen LogP contribution in [0.2, 0.25) is 0 Å². The molecule has 0 spiro atoms. The molecule has 0 bridgehead atoms. The highest BCUT2D eigenvalue weighted by molar-refractivity contribution is 5.93. The normalized spacial score (nSPS) is 12.2. The average Bonchev–Trinajstić information content (AvgIpc) is 2.06. The van der Waals surface area contributed by atoms with Crippen LogP contribution in [0.5, 0.6) is 0 Å². The zero-order valence-corrected chi connectivity index (χ0v) is 6.69. The van der Waals surface area contributed by atoms with Gasteiger partial charge in [0.05, 0.1) is 24.1 Å². The molecule has 1 amide bonds. The molecule has 1 aromatic heterocycles. The third-order valence-corrected chi connectivity index (χ3v) is 1.24. The van der Waals surface area contributed by atoms with E-state index < -0.39 is 6.04 Å². The molecular weight excluding hydrogens is 156 g/mol. The summed E-state index contributed by atoms with van der Waals surface area (Å²) in [6.07, 6.45) is 4.40. The molecule has 0 aliphatic rings. The van der Waals surface area contributed by atoms with E-state index in [0.717, 1.165) is 0 Å². The molecule has 0 radical (unpaired) electrons. The summed E-state index contributed by atoms with van der Waals surface area (Å²) in [6.45, 7) is 1.61. The third kappa shape index (κ3) is 2.28. The highest BCUT2D eigenvalue weighted by Crippen LogP contribution is 1.99. The van der Waals surface area contributed by atoms with Crippen LogP contribution in [0.15, 0.2) is 18.7 Å². The topological polar surface area (TPSA) is 80.9 Å². The van der Waals surface area contributed by atoms with Crippen molar-refractivity contribution in [3.05, 3.63) is 18.7 Å². The third-order valence-electron chi connectivity index (χ3n) is 1.24. The lowest BCUT2D eigenvalue weighted by Crippen LogP contribution is -2.32. The number of aromatic nitrogens is 2. The van der Waals surface area contributed by atoms with E-state index >= 15 is 0 Å². The van der Waals surface area contributed by atoms with Gasteiger partial charge >= 0.3 is 0 Å². The Labute approximate surface area is 70.0 Å². The van der Waals surface area contributed by atoms with Gasteiger partial charge in [0.1, 0.15) is 6.33 Å². The Morgan fingerprint density at radius 2 is 2.17 bits per heavy atom. The average molecular weight is 166 g/mol. The molecule has 0 saturated heterocycles. The van der Waals surface area contributed by atoms with Crippen molar-refractivity contribution in [2.24, 2.45) is 5.73 Å². The first-order chi connectivity index (χ1) is 5.70. The Hall–Kier alpha value is -1.49. The summed E-state index contributed by atoms with van der Waals surface area (Å²) in [4.78, 5) is 18.5. The van der Waals surface area contributed by atoms with Gasteiger partial charge in [-0.3, -0.25) is 4.79 Å². The van der Waals surface area contributed by atoms with Gasteiger partial charge in [-0.25, -0.2) is 9.97 Å². The Morgan fingerprint density at radius 1 is 1.58 bits per heavy atom. The number of nitrogens with zero attached hydrogens (tertiary/aromatic N) is 2. The van der Waals surface area contributed by atoms with E-state index in [-0.39, 0.29) is 5.91 Å². The zero-order valence-electron chi connectivity index (χ0n) is 6.69. The Balaban J connectivity index is 2.59. The van der Waals surface area contributed by atoms with Crippen molar-refractivity contribution < 1.29 is 4.79 Å². The summed E-state index contributed by atoms with van der Waals surface area (Å²) in [5, 5.41) is 2.55. The number of hydrogen-bond acceptors (Lipinski definition) is 4. The largest absolute Gasteiger partial charge is 0.322 e. The number of hydrogen-bond donors (Lipinski definition) is 2. The smallest absolute Gasteiger partial charge is 0.241 e. The van der Waals surface area contributed by atoms with Crippen molar-refractivity contribution in [3.8, 4) is 0 Å². The Morgan fingerprint density at radius 3 is 2.67 bits per heavy atom. The first-order valence-electron chi connectivity index (χ1n) is 3.51. The van der Waals surface area contributed by atoms with E-state index in [9.17, 15) is 4.79 Å². The van der Waals surface area contributed by atoms with Gasteiger partial charge in [0, 0.05) is 0 Å². The fraction of sp³-hybridized carbons (Fsp3) is 0.286. The van der Waals surface area contributed by atoms with E-state index in [0.29, 0.717) is 5.69 Å². The molecule has 0 fully saturated rings. The predicted octanol–water partition coefficient (Wildman–Crippen LogP) is -0.238. The summed E-state index contributed by atoms with van der Waals surface area (Å²) in [6, 6.07) is -0.523. The molecule has 3 N–H and O–H groups in total. The number of carbonyl (C=O) groups excluding carboxylic acids is 1. The maximum atomic E-state index is 11.0. The van der Waals surface area contributed by atoms with Crippen molar-refractivity contribution in [2.45, 2.75) is 13.0 Å². The monoisotopic (exact) mass is 166 g/mol. The van der Waals surface area contributed by atoms with Crippen LogP contribution >= 0.6 is 0 Å². The number of nitrogens with one attached hydrogen (secondary N) is 1. The van der Waals surface area contributed by atoms with Crippen molar-refractivity contribution in [1.29, 1.82) is 0 Å². The number of nitrogens with two attached hydrogens (primary N) is 1. The van der Waals surface area contributed by atoms with Gasteiger partial charge in [-0.2, -0.15) is 0 Å². The van der Waals surface area contributed by atoms with Crippen molar-refractivity contribution in [1.82, 2.24) is 9.97 Å². The number of carbonyl (C=O) groups is 1. The van der Waals surface area contributed by atoms with Crippen LogP contribution < -0.4 is 11.1 Å². The molecule has 0 aliphatic heterocycles. The number of rotatable bonds is 2. The molecule has 0 saturated carbocycles. The molecule has 12 heavy (non-hydrogen) atoms. The highest BCUT2D eigenvalue weighted by atomic mass is 16.2. The van der Waals surface area contributed by atoms with Crippen molar-refractivity contribution in [3.63, 3.8) is 0 Å². The van der Waals surface area contributed by atoms with Crippen LogP contribution in [0.1, 0.15) is 6.92 Å². The molecule has 1 aromatic rings. The van der Waals surface area contributed by atoms with E-state index in [1.54, 1.807) is 6.92 Å². The van der Waals surface area contributed by atoms with Gasteiger partial charge in [0.15, 0.2) is 0 Å². The minimum Gasteiger partial charge on any atom is -0.322 e. The molecule has 5 heteroatoms. The Kier molecular flexibility index (Phi) is 2.71. The quantitative estimate of drug-likeness (QED) is 0.635. The summed E-state index contributed by atoms with van der Waals surface area (Å²) in [5.41, 5.74) is 5.89. The molecule has 5 nitrogen and oxygen atoms in total. The number of amides is 1. The second kappa shape index (κ2) is 3.77. The highest BCUT2D eigenvalue weighted by Gasteiger charge is 2.06. The maximum absolute atomic E-state index is 11.0. The maximum Gasteiger partial charge on any atom is 0.241 e. The molecule has 1 atom stereocenters. The minimum absolute atomic E-state index is 0.246. The minimum atomic E-state index is -0.523. The molecule has 0 unspecified atom stereocenters. The fourth-order valence-electron chi connectivity index (χ4n) is 0.620. The van der Waals surface area contributed by atoms with Gasteiger partial charge in [-0.1, -0.05) is 0 Å². The van der Waals surface area contributed by atoms with Gasteiger partial charge in [-0.15, -0.1) is 0 Å². The summed E-state index contributed by atoms with van der Waals surface area (Å²) < 4.78 is 0. The van der Waals surface area contributed by atoms with Gasteiger partial charge in [0.2, 0.25) is 5.91 Å². The lowest BCUT2D eigenvalue weighted by atomic mass is 10.3. The summed E-state index contributed by atoms with van der Waals surface area (Å²) in [5.74, 6) is -0.246. The molecule has 1 heterocycles. The first kappa shape index (κ1) is 8.61. The van der Waals surface area contributed by atoms with Crippen LogP contribution in [0.3, 0.4) is 0 Å². The predicted molar refractivity (Wildman–Crippen MR) is 44.3 cm³/mol.